The van der Waals surface area contributed by atoms with Gasteiger partial charge in [0.2, 0.25) is 0 Å². The van der Waals surface area contributed by atoms with Crippen LogP contribution in [0.5, 0.6) is 11.5 Å². The van der Waals surface area contributed by atoms with Crippen LogP contribution in [-0.2, 0) is 11.2 Å². The van der Waals surface area contributed by atoms with Crippen molar-refractivity contribution < 1.29 is 19.0 Å². The number of hydrogen-bond acceptors (Lipinski definition) is 4. The van der Waals surface area contributed by atoms with E-state index in [-0.39, 0.29) is 5.91 Å². The van der Waals surface area contributed by atoms with Gasteiger partial charge < -0.3 is 19.5 Å². The van der Waals surface area contributed by atoms with Crippen molar-refractivity contribution in [2.45, 2.75) is 6.42 Å². The topological polar surface area (TPSA) is 56.8 Å². The third kappa shape index (κ3) is 5.28. The molecule has 0 atom stereocenters. The summed E-state index contributed by atoms with van der Waals surface area (Å²) >= 11 is 0. The average molecular weight is 341 g/mol. The van der Waals surface area contributed by atoms with Gasteiger partial charge in [0.05, 0.1) is 27.6 Å². The highest BCUT2D eigenvalue weighted by molar-refractivity contribution is 5.94. The van der Waals surface area contributed by atoms with Crippen LogP contribution in [0.2, 0.25) is 0 Å². The lowest BCUT2D eigenvalue weighted by Gasteiger charge is -2.10. The summed E-state index contributed by atoms with van der Waals surface area (Å²) in [5.74, 6) is 1.28. The molecule has 0 saturated heterocycles. The fraction of sp³-hybridized carbons (Fsp3) is 0.250. The molecule has 0 saturated carbocycles. The van der Waals surface area contributed by atoms with Gasteiger partial charge in [-0.15, -0.1) is 0 Å². The summed E-state index contributed by atoms with van der Waals surface area (Å²) in [7, 11) is 4.81. The maximum Gasteiger partial charge on any atom is 0.251 e. The molecule has 0 spiro atoms. The summed E-state index contributed by atoms with van der Waals surface area (Å²) in [5.41, 5.74) is 2.67. The van der Waals surface area contributed by atoms with Gasteiger partial charge in [0.25, 0.3) is 5.91 Å². The maximum atomic E-state index is 12.2. The second-order valence-electron chi connectivity index (χ2n) is 5.36. The molecular weight excluding hydrogens is 318 g/mol. The van der Waals surface area contributed by atoms with Gasteiger partial charge in [0.15, 0.2) is 11.5 Å². The predicted molar refractivity (Wildman–Crippen MR) is 98.1 cm³/mol. The highest BCUT2D eigenvalue weighted by atomic mass is 16.5. The minimum absolute atomic E-state index is 0.0947. The minimum atomic E-state index is -0.0947. The molecule has 1 N–H and O–H groups in total. The number of amides is 1. The normalized spacial score (nSPS) is 10.5. The Bertz CT molecular complexity index is 723. The molecule has 0 aliphatic rings. The molecule has 2 aromatic rings. The Labute approximate surface area is 148 Å². The largest absolute Gasteiger partial charge is 0.504 e. The SMILES string of the molecule is COC=Cc1ccc(C(=O)NCCc2ccc(OC)c(OC)c2)cc1. The monoisotopic (exact) mass is 341 g/mol. The third-order valence-electron chi connectivity index (χ3n) is 3.72. The first-order valence-corrected chi connectivity index (χ1v) is 7.96. The molecule has 0 aliphatic heterocycles. The van der Waals surface area contributed by atoms with E-state index < -0.39 is 0 Å². The van der Waals surface area contributed by atoms with Crippen LogP contribution in [0, 0.1) is 0 Å². The van der Waals surface area contributed by atoms with Crippen LogP contribution in [0.15, 0.2) is 48.7 Å². The van der Waals surface area contributed by atoms with Crippen molar-refractivity contribution in [1.29, 1.82) is 0 Å². The van der Waals surface area contributed by atoms with Gasteiger partial charge >= 0.3 is 0 Å². The molecule has 5 nitrogen and oxygen atoms in total. The summed E-state index contributed by atoms with van der Waals surface area (Å²) in [6.07, 6.45) is 4.14. The van der Waals surface area contributed by atoms with Crippen molar-refractivity contribution in [3.63, 3.8) is 0 Å². The first kappa shape index (κ1) is 18.4. The van der Waals surface area contributed by atoms with Crippen molar-refractivity contribution in [3.8, 4) is 11.5 Å². The first-order valence-electron chi connectivity index (χ1n) is 7.96. The molecule has 25 heavy (non-hydrogen) atoms. The van der Waals surface area contributed by atoms with E-state index in [9.17, 15) is 4.79 Å². The standard InChI is InChI=1S/C20H23NO4/c1-23-13-11-15-4-7-17(8-5-15)20(22)21-12-10-16-6-9-18(24-2)19(14-16)25-3/h4-9,11,13-14H,10,12H2,1-3H3,(H,21,22). The molecule has 2 aromatic carbocycles. The highest BCUT2D eigenvalue weighted by Gasteiger charge is 2.07. The number of nitrogens with one attached hydrogen (secondary N) is 1. The van der Waals surface area contributed by atoms with Crippen LogP contribution < -0.4 is 14.8 Å². The fourth-order valence-electron chi connectivity index (χ4n) is 2.35. The number of ether oxygens (including phenoxy) is 3. The van der Waals surface area contributed by atoms with Gasteiger partial charge in [-0.1, -0.05) is 18.2 Å². The Morgan fingerprint density at radius 2 is 1.72 bits per heavy atom. The van der Waals surface area contributed by atoms with E-state index in [0.717, 1.165) is 11.1 Å². The molecule has 0 fully saturated rings. The van der Waals surface area contributed by atoms with Gasteiger partial charge in [-0.3, -0.25) is 4.79 Å². The molecule has 0 radical (unpaired) electrons. The number of carbonyl (C=O) groups is 1. The molecule has 2 rings (SSSR count). The fourth-order valence-corrected chi connectivity index (χ4v) is 2.35. The number of carbonyl (C=O) groups excluding carboxylic acids is 1. The Morgan fingerprint density at radius 1 is 1.00 bits per heavy atom. The van der Waals surface area contributed by atoms with Crippen molar-refractivity contribution in [3.05, 3.63) is 65.4 Å². The molecule has 0 heterocycles. The summed E-state index contributed by atoms with van der Waals surface area (Å²) < 4.78 is 15.4. The number of rotatable bonds is 8. The van der Waals surface area contributed by atoms with Gasteiger partial charge in [-0.05, 0) is 47.9 Å². The predicted octanol–water partition coefficient (Wildman–Crippen LogP) is 3.29. The number of hydrogen-bond donors (Lipinski definition) is 1. The van der Waals surface area contributed by atoms with Crippen LogP contribution in [0.4, 0.5) is 0 Å². The molecule has 0 aliphatic carbocycles. The summed E-state index contributed by atoms with van der Waals surface area (Å²) in [5, 5.41) is 2.92. The lowest BCUT2D eigenvalue weighted by molar-refractivity contribution is 0.0954. The van der Waals surface area contributed by atoms with Crippen molar-refractivity contribution in [1.82, 2.24) is 5.32 Å². The number of methoxy groups -OCH3 is 3. The molecule has 0 aromatic heterocycles. The van der Waals surface area contributed by atoms with Gasteiger partial charge in [-0.2, -0.15) is 0 Å². The molecular formula is C20H23NO4. The Balaban J connectivity index is 1.89. The smallest absolute Gasteiger partial charge is 0.251 e. The van der Waals surface area contributed by atoms with E-state index in [1.54, 1.807) is 39.7 Å². The van der Waals surface area contributed by atoms with Crippen molar-refractivity contribution in [2.75, 3.05) is 27.9 Å². The zero-order chi connectivity index (χ0) is 18.1. The molecule has 0 unspecified atom stereocenters. The van der Waals surface area contributed by atoms with E-state index in [1.165, 1.54) is 0 Å². The minimum Gasteiger partial charge on any atom is -0.504 e. The van der Waals surface area contributed by atoms with Gasteiger partial charge in [0, 0.05) is 12.1 Å². The van der Waals surface area contributed by atoms with Crippen LogP contribution in [-0.4, -0.2) is 33.8 Å². The summed E-state index contributed by atoms with van der Waals surface area (Å²) in [6, 6.07) is 13.1. The quantitative estimate of drug-likeness (QED) is 0.749. The van der Waals surface area contributed by atoms with Gasteiger partial charge in [-0.25, -0.2) is 0 Å². The van der Waals surface area contributed by atoms with Gasteiger partial charge in [0.1, 0.15) is 0 Å². The molecule has 5 heteroatoms. The maximum absolute atomic E-state index is 12.2. The van der Waals surface area contributed by atoms with Crippen LogP contribution in [0.25, 0.3) is 6.08 Å². The van der Waals surface area contributed by atoms with E-state index in [4.69, 9.17) is 14.2 Å². The Morgan fingerprint density at radius 3 is 2.36 bits per heavy atom. The van der Waals surface area contributed by atoms with Crippen molar-refractivity contribution in [2.24, 2.45) is 0 Å². The third-order valence-corrected chi connectivity index (χ3v) is 3.72. The molecule has 1 amide bonds. The number of benzene rings is 2. The average Bonchev–Trinajstić information content (AvgIpc) is 2.66. The second-order valence-corrected chi connectivity index (χ2v) is 5.36. The van der Waals surface area contributed by atoms with Crippen LogP contribution >= 0.6 is 0 Å². The Hall–Kier alpha value is -2.95. The first-order chi connectivity index (χ1) is 12.2. The van der Waals surface area contributed by atoms with Crippen LogP contribution in [0.3, 0.4) is 0 Å². The second kappa shape index (κ2) is 9.37. The Kier molecular flexibility index (Phi) is 6.89. The van der Waals surface area contributed by atoms with E-state index >= 15 is 0 Å². The molecule has 0 bridgehead atoms. The molecule has 132 valence electrons. The lowest BCUT2D eigenvalue weighted by atomic mass is 10.1. The summed E-state index contributed by atoms with van der Waals surface area (Å²) in [4.78, 5) is 12.2. The van der Waals surface area contributed by atoms with E-state index in [2.05, 4.69) is 5.32 Å². The summed E-state index contributed by atoms with van der Waals surface area (Å²) in [6.45, 7) is 0.541. The van der Waals surface area contributed by atoms with Crippen LogP contribution in [0.1, 0.15) is 21.5 Å². The lowest BCUT2D eigenvalue weighted by Crippen LogP contribution is -2.25. The zero-order valence-electron chi connectivity index (χ0n) is 14.7. The van der Waals surface area contributed by atoms with E-state index in [1.807, 2.05) is 36.4 Å². The zero-order valence-corrected chi connectivity index (χ0v) is 14.7. The van der Waals surface area contributed by atoms with E-state index in [0.29, 0.717) is 30.0 Å². The van der Waals surface area contributed by atoms with Crippen molar-refractivity contribution >= 4 is 12.0 Å². The highest BCUT2D eigenvalue weighted by Crippen LogP contribution is 2.27.